The Hall–Kier alpha value is -2.71. The molecule has 1 unspecified atom stereocenters. The summed E-state index contributed by atoms with van der Waals surface area (Å²) < 4.78 is 3.84. The van der Waals surface area contributed by atoms with Crippen molar-refractivity contribution in [2.24, 2.45) is 0 Å². The SMILES string of the molecule is Cc1cc(C)n(C(C)c2nnc(Nc3ccn(Cc4ccc(Cl)cc4)n3)s2)n1. The van der Waals surface area contributed by atoms with Crippen LogP contribution in [0.4, 0.5) is 10.9 Å². The van der Waals surface area contributed by atoms with Gasteiger partial charge in [-0.3, -0.25) is 9.36 Å². The number of hydrogen-bond donors (Lipinski definition) is 1. The van der Waals surface area contributed by atoms with E-state index < -0.39 is 0 Å². The molecule has 1 aromatic carbocycles. The minimum absolute atomic E-state index is 0.0317. The molecule has 7 nitrogen and oxygen atoms in total. The molecule has 144 valence electrons. The maximum Gasteiger partial charge on any atom is 0.211 e. The Balaban J connectivity index is 1.43. The fraction of sp³-hybridized carbons (Fsp3) is 0.263. The number of anilines is 2. The highest BCUT2D eigenvalue weighted by Crippen LogP contribution is 2.27. The van der Waals surface area contributed by atoms with E-state index >= 15 is 0 Å². The number of nitrogens with one attached hydrogen (secondary N) is 1. The third-order valence-electron chi connectivity index (χ3n) is 4.34. The molecule has 1 N–H and O–H groups in total. The monoisotopic (exact) mass is 413 g/mol. The Morgan fingerprint density at radius 3 is 2.61 bits per heavy atom. The molecule has 0 aliphatic carbocycles. The molecular formula is C19H20ClN7S. The average molecular weight is 414 g/mol. The molecule has 1 atom stereocenters. The number of benzene rings is 1. The van der Waals surface area contributed by atoms with Gasteiger partial charge in [-0.1, -0.05) is 35.1 Å². The average Bonchev–Trinajstić information content (AvgIpc) is 3.38. The lowest BCUT2D eigenvalue weighted by molar-refractivity contribution is 0.540. The van der Waals surface area contributed by atoms with Crippen LogP contribution >= 0.6 is 22.9 Å². The molecule has 3 heterocycles. The topological polar surface area (TPSA) is 73.5 Å². The Labute approximate surface area is 172 Å². The number of halogens is 1. The zero-order valence-corrected chi connectivity index (χ0v) is 17.4. The zero-order chi connectivity index (χ0) is 19.7. The van der Waals surface area contributed by atoms with Crippen molar-refractivity contribution in [3.05, 3.63) is 69.6 Å². The summed E-state index contributed by atoms with van der Waals surface area (Å²) in [6, 6.07) is 11.8. The first-order valence-electron chi connectivity index (χ1n) is 8.89. The highest BCUT2D eigenvalue weighted by Gasteiger charge is 2.17. The van der Waals surface area contributed by atoms with Gasteiger partial charge >= 0.3 is 0 Å². The normalized spacial score (nSPS) is 12.3. The Bertz CT molecular complexity index is 1080. The maximum absolute atomic E-state index is 5.93. The summed E-state index contributed by atoms with van der Waals surface area (Å²) >= 11 is 7.44. The van der Waals surface area contributed by atoms with E-state index in [2.05, 4.69) is 38.7 Å². The van der Waals surface area contributed by atoms with Crippen LogP contribution in [-0.2, 0) is 6.54 Å². The van der Waals surface area contributed by atoms with Gasteiger partial charge in [0, 0.05) is 23.0 Å². The second-order valence-corrected chi connectivity index (χ2v) is 8.09. The van der Waals surface area contributed by atoms with Crippen molar-refractivity contribution < 1.29 is 0 Å². The number of rotatable bonds is 6. The van der Waals surface area contributed by atoms with E-state index in [9.17, 15) is 0 Å². The summed E-state index contributed by atoms with van der Waals surface area (Å²) in [4.78, 5) is 0. The van der Waals surface area contributed by atoms with Crippen LogP contribution in [0.1, 0.15) is 34.9 Å². The van der Waals surface area contributed by atoms with Gasteiger partial charge in [0.2, 0.25) is 5.13 Å². The molecule has 0 aliphatic heterocycles. The summed E-state index contributed by atoms with van der Waals surface area (Å²) in [7, 11) is 0. The van der Waals surface area contributed by atoms with Crippen LogP contribution in [0.2, 0.25) is 5.02 Å². The van der Waals surface area contributed by atoms with Gasteiger partial charge in [-0.05, 0) is 44.5 Å². The van der Waals surface area contributed by atoms with Gasteiger partial charge in [-0.25, -0.2) is 0 Å². The van der Waals surface area contributed by atoms with E-state index in [0.29, 0.717) is 11.7 Å². The Kier molecular flexibility index (Phi) is 5.15. The van der Waals surface area contributed by atoms with Crippen LogP contribution in [0.3, 0.4) is 0 Å². The molecule has 9 heteroatoms. The minimum Gasteiger partial charge on any atom is -0.313 e. The molecule has 0 amide bonds. The number of aromatic nitrogens is 6. The fourth-order valence-corrected chi connectivity index (χ4v) is 3.91. The quantitative estimate of drug-likeness (QED) is 0.500. The van der Waals surface area contributed by atoms with Crippen molar-refractivity contribution in [3.63, 3.8) is 0 Å². The predicted octanol–water partition coefficient (Wildman–Crippen LogP) is 4.60. The highest BCUT2D eigenvalue weighted by atomic mass is 35.5. The van der Waals surface area contributed by atoms with Gasteiger partial charge in [0.1, 0.15) is 11.0 Å². The van der Waals surface area contributed by atoms with E-state index in [0.717, 1.165) is 32.8 Å². The van der Waals surface area contributed by atoms with Crippen molar-refractivity contribution >= 4 is 33.9 Å². The van der Waals surface area contributed by atoms with Gasteiger partial charge in [0.05, 0.1) is 12.2 Å². The molecule has 0 bridgehead atoms. The largest absolute Gasteiger partial charge is 0.313 e. The lowest BCUT2D eigenvalue weighted by atomic mass is 10.2. The fourth-order valence-electron chi connectivity index (χ4n) is 3.00. The predicted molar refractivity (Wildman–Crippen MR) is 111 cm³/mol. The van der Waals surface area contributed by atoms with Crippen molar-refractivity contribution in [2.75, 3.05) is 5.32 Å². The lowest BCUT2D eigenvalue weighted by Crippen LogP contribution is -2.10. The molecule has 0 saturated heterocycles. The molecule has 0 radical (unpaired) electrons. The number of aryl methyl sites for hydroxylation is 2. The molecule has 3 aromatic heterocycles. The van der Waals surface area contributed by atoms with E-state index in [1.54, 1.807) is 0 Å². The second kappa shape index (κ2) is 7.73. The van der Waals surface area contributed by atoms with Crippen LogP contribution in [0.15, 0.2) is 42.6 Å². The van der Waals surface area contributed by atoms with E-state index in [-0.39, 0.29) is 6.04 Å². The summed E-state index contributed by atoms with van der Waals surface area (Å²) in [5.41, 5.74) is 3.24. The first kappa shape index (κ1) is 18.6. The second-order valence-electron chi connectivity index (χ2n) is 6.64. The molecule has 4 aromatic rings. The van der Waals surface area contributed by atoms with Crippen LogP contribution in [0.5, 0.6) is 0 Å². The molecule has 0 fully saturated rings. The van der Waals surface area contributed by atoms with Crippen molar-refractivity contribution in [3.8, 4) is 0 Å². The van der Waals surface area contributed by atoms with Gasteiger partial charge < -0.3 is 5.32 Å². The summed E-state index contributed by atoms with van der Waals surface area (Å²) in [5.74, 6) is 0.732. The third-order valence-corrected chi connectivity index (χ3v) is 5.60. The van der Waals surface area contributed by atoms with Crippen LogP contribution < -0.4 is 5.32 Å². The molecule has 28 heavy (non-hydrogen) atoms. The van der Waals surface area contributed by atoms with Crippen molar-refractivity contribution in [1.29, 1.82) is 0 Å². The molecule has 0 spiro atoms. The van der Waals surface area contributed by atoms with Crippen LogP contribution in [-0.4, -0.2) is 29.8 Å². The van der Waals surface area contributed by atoms with Crippen molar-refractivity contribution in [1.82, 2.24) is 29.8 Å². The Morgan fingerprint density at radius 2 is 1.89 bits per heavy atom. The molecule has 0 aliphatic rings. The molecular weight excluding hydrogens is 394 g/mol. The summed E-state index contributed by atoms with van der Waals surface area (Å²) in [5, 5.41) is 23.2. The lowest BCUT2D eigenvalue weighted by Gasteiger charge is -2.10. The Morgan fingerprint density at radius 1 is 1.11 bits per heavy atom. The van der Waals surface area contributed by atoms with Crippen LogP contribution in [0.25, 0.3) is 0 Å². The minimum atomic E-state index is 0.0317. The number of nitrogens with zero attached hydrogens (tertiary/aromatic N) is 6. The molecule has 0 saturated carbocycles. The van der Waals surface area contributed by atoms with Crippen LogP contribution in [0, 0.1) is 13.8 Å². The maximum atomic E-state index is 5.93. The summed E-state index contributed by atoms with van der Waals surface area (Å²) in [6.07, 6.45) is 1.93. The first-order valence-corrected chi connectivity index (χ1v) is 10.1. The van der Waals surface area contributed by atoms with Gasteiger partial charge in [-0.2, -0.15) is 10.2 Å². The number of hydrogen-bond acceptors (Lipinski definition) is 6. The van der Waals surface area contributed by atoms with E-state index in [1.807, 2.05) is 59.7 Å². The summed E-state index contributed by atoms with van der Waals surface area (Å²) in [6.45, 7) is 6.79. The standard InChI is InChI=1S/C19H20ClN7S/c1-12-10-13(2)27(24-12)14(3)18-22-23-19(28-18)21-17-8-9-26(25-17)11-15-4-6-16(20)7-5-15/h4-10,14H,11H2,1-3H3,(H,21,23,25). The molecule has 4 rings (SSSR count). The van der Waals surface area contributed by atoms with Gasteiger partial charge in [0.25, 0.3) is 0 Å². The van der Waals surface area contributed by atoms with E-state index in [1.165, 1.54) is 11.3 Å². The zero-order valence-electron chi connectivity index (χ0n) is 15.8. The van der Waals surface area contributed by atoms with Gasteiger partial charge in [-0.15, -0.1) is 10.2 Å². The van der Waals surface area contributed by atoms with E-state index in [4.69, 9.17) is 11.6 Å². The smallest absolute Gasteiger partial charge is 0.211 e. The first-order chi connectivity index (χ1) is 13.5. The van der Waals surface area contributed by atoms with Crippen molar-refractivity contribution in [2.45, 2.75) is 33.4 Å². The van der Waals surface area contributed by atoms with Gasteiger partial charge in [0.15, 0.2) is 5.82 Å². The highest BCUT2D eigenvalue weighted by molar-refractivity contribution is 7.15. The third kappa shape index (κ3) is 4.07.